The minimum absolute atomic E-state index is 0.355. The standard InChI is InChI=1S/C14H16N4O/c1-10(18(2)9-19)17-13(15)8-12-5-3-4-11-6-7-16-14(11)12/h3-9,16H,15H2,1-2H3/b13-8-,17-10?. The van der Waals surface area contributed by atoms with Gasteiger partial charge in [0.2, 0.25) is 6.41 Å². The van der Waals surface area contributed by atoms with Crippen molar-refractivity contribution in [2.75, 3.05) is 7.05 Å². The number of hydrogen-bond donors (Lipinski definition) is 2. The first-order chi connectivity index (χ1) is 9.11. The van der Waals surface area contributed by atoms with Gasteiger partial charge in [0.05, 0.1) is 5.52 Å². The van der Waals surface area contributed by atoms with Gasteiger partial charge in [-0.25, -0.2) is 4.99 Å². The number of nitrogens with two attached hydrogens (primary N) is 1. The Morgan fingerprint density at radius 1 is 1.42 bits per heavy atom. The molecule has 0 radical (unpaired) electrons. The Hall–Kier alpha value is -2.56. The Labute approximate surface area is 111 Å². The summed E-state index contributed by atoms with van der Waals surface area (Å²) in [5, 5.41) is 1.12. The van der Waals surface area contributed by atoms with Crippen LogP contribution in [0.2, 0.25) is 0 Å². The second-order valence-corrected chi connectivity index (χ2v) is 4.23. The van der Waals surface area contributed by atoms with Crippen LogP contribution in [0.15, 0.2) is 41.3 Å². The molecule has 1 aromatic carbocycles. The predicted octanol–water partition coefficient (Wildman–Crippen LogP) is 1.93. The maximum atomic E-state index is 10.6. The van der Waals surface area contributed by atoms with Crippen molar-refractivity contribution in [3.63, 3.8) is 0 Å². The number of nitrogens with one attached hydrogen (secondary N) is 1. The van der Waals surface area contributed by atoms with E-state index in [2.05, 4.69) is 9.98 Å². The molecule has 0 aliphatic rings. The second kappa shape index (κ2) is 5.39. The number of hydrogen-bond acceptors (Lipinski definition) is 3. The van der Waals surface area contributed by atoms with Crippen molar-refractivity contribution in [2.45, 2.75) is 6.92 Å². The summed E-state index contributed by atoms with van der Waals surface area (Å²) >= 11 is 0. The highest BCUT2D eigenvalue weighted by Crippen LogP contribution is 2.18. The first-order valence-corrected chi connectivity index (χ1v) is 5.88. The molecule has 0 fully saturated rings. The number of amidine groups is 1. The topological polar surface area (TPSA) is 74.5 Å². The number of carbonyl (C=O) groups is 1. The number of aromatic amines is 1. The molecule has 19 heavy (non-hydrogen) atoms. The molecular formula is C14H16N4O. The molecule has 5 nitrogen and oxygen atoms in total. The number of para-hydroxylation sites is 1. The lowest BCUT2D eigenvalue weighted by molar-refractivity contribution is -0.114. The van der Waals surface area contributed by atoms with Crippen LogP contribution in [0.5, 0.6) is 0 Å². The lowest BCUT2D eigenvalue weighted by Gasteiger charge is -2.09. The number of aromatic nitrogens is 1. The van der Waals surface area contributed by atoms with E-state index in [4.69, 9.17) is 5.73 Å². The third kappa shape index (κ3) is 2.82. The lowest BCUT2D eigenvalue weighted by atomic mass is 10.1. The molecule has 98 valence electrons. The molecule has 1 amide bonds. The number of carbonyl (C=O) groups excluding carboxylic acids is 1. The molecule has 0 saturated carbocycles. The molecule has 0 aliphatic heterocycles. The van der Waals surface area contributed by atoms with Gasteiger partial charge in [0, 0.05) is 18.8 Å². The quantitative estimate of drug-likeness (QED) is 0.500. The Morgan fingerprint density at radius 3 is 2.95 bits per heavy atom. The van der Waals surface area contributed by atoms with E-state index in [9.17, 15) is 4.79 Å². The number of amides is 1. The van der Waals surface area contributed by atoms with Gasteiger partial charge in [-0.1, -0.05) is 18.2 Å². The Bertz CT molecular complexity index is 654. The fourth-order valence-electron chi connectivity index (χ4n) is 1.76. The van der Waals surface area contributed by atoms with E-state index in [1.165, 1.54) is 4.90 Å². The van der Waals surface area contributed by atoms with Crippen molar-refractivity contribution in [1.82, 2.24) is 9.88 Å². The maximum absolute atomic E-state index is 10.6. The van der Waals surface area contributed by atoms with E-state index in [0.717, 1.165) is 16.5 Å². The molecule has 0 spiro atoms. The van der Waals surface area contributed by atoms with E-state index in [0.29, 0.717) is 18.1 Å². The number of H-pyrrole nitrogens is 1. The van der Waals surface area contributed by atoms with Crippen LogP contribution in [0.3, 0.4) is 0 Å². The van der Waals surface area contributed by atoms with Crippen LogP contribution in [0.4, 0.5) is 0 Å². The van der Waals surface area contributed by atoms with Crippen molar-refractivity contribution in [1.29, 1.82) is 0 Å². The van der Waals surface area contributed by atoms with Gasteiger partial charge in [-0.05, 0) is 24.5 Å². The maximum Gasteiger partial charge on any atom is 0.214 e. The molecule has 0 bridgehead atoms. The average molecular weight is 256 g/mol. The summed E-state index contributed by atoms with van der Waals surface area (Å²) in [5.41, 5.74) is 7.86. The minimum atomic E-state index is 0.355. The fourth-order valence-corrected chi connectivity index (χ4v) is 1.76. The number of benzene rings is 1. The van der Waals surface area contributed by atoms with Crippen LogP contribution in [0, 0.1) is 0 Å². The summed E-state index contributed by atoms with van der Waals surface area (Å²) in [6, 6.07) is 7.94. The van der Waals surface area contributed by atoms with E-state index < -0.39 is 0 Å². The van der Waals surface area contributed by atoms with Crippen molar-refractivity contribution < 1.29 is 4.79 Å². The monoisotopic (exact) mass is 256 g/mol. The zero-order valence-electron chi connectivity index (χ0n) is 10.9. The zero-order valence-corrected chi connectivity index (χ0v) is 10.9. The third-order valence-corrected chi connectivity index (χ3v) is 2.88. The molecular weight excluding hydrogens is 240 g/mol. The molecule has 5 heteroatoms. The largest absolute Gasteiger partial charge is 0.384 e. The summed E-state index contributed by atoms with van der Waals surface area (Å²) in [7, 11) is 1.63. The molecule has 0 aliphatic carbocycles. The van der Waals surface area contributed by atoms with Crippen LogP contribution in [0.25, 0.3) is 17.0 Å². The fraction of sp³-hybridized carbons (Fsp3) is 0.143. The van der Waals surface area contributed by atoms with Gasteiger partial charge in [-0.2, -0.15) is 0 Å². The summed E-state index contributed by atoms with van der Waals surface area (Å²) in [5.74, 6) is 0.899. The highest BCUT2D eigenvalue weighted by Gasteiger charge is 2.01. The van der Waals surface area contributed by atoms with Gasteiger partial charge in [-0.3, -0.25) is 4.79 Å². The Balaban J connectivity index is 2.35. The van der Waals surface area contributed by atoms with Crippen LogP contribution in [-0.4, -0.2) is 29.2 Å². The third-order valence-electron chi connectivity index (χ3n) is 2.88. The van der Waals surface area contributed by atoms with Gasteiger partial charge in [-0.15, -0.1) is 0 Å². The molecule has 1 heterocycles. The first-order valence-electron chi connectivity index (χ1n) is 5.88. The summed E-state index contributed by atoms with van der Waals surface area (Å²) < 4.78 is 0. The number of fused-ring (bicyclic) bond motifs is 1. The van der Waals surface area contributed by atoms with Crippen LogP contribution in [-0.2, 0) is 4.79 Å². The number of nitrogens with zero attached hydrogens (tertiary/aromatic N) is 2. The van der Waals surface area contributed by atoms with Crippen molar-refractivity contribution >= 4 is 29.2 Å². The molecule has 0 saturated heterocycles. The Morgan fingerprint density at radius 2 is 2.21 bits per heavy atom. The summed E-state index contributed by atoms with van der Waals surface area (Å²) in [6.45, 7) is 1.73. The smallest absolute Gasteiger partial charge is 0.214 e. The summed E-state index contributed by atoms with van der Waals surface area (Å²) in [6.07, 6.45) is 4.35. The van der Waals surface area contributed by atoms with Crippen molar-refractivity contribution in [3.05, 3.63) is 41.8 Å². The zero-order chi connectivity index (χ0) is 13.8. The lowest BCUT2D eigenvalue weighted by Crippen LogP contribution is -2.22. The number of aliphatic imine (C=N–C) groups is 1. The van der Waals surface area contributed by atoms with Crippen LogP contribution < -0.4 is 5.73 Å². The molecule has 1 aromatic heterocycles. The van der Waals surface area contributed by atoms with Gasteiger partial charge in [0.25, 0.3) is 0 Å². The van der Waals surface area contributed by atoms with Gasteiger partial charge < -0.3 is 15.6 Å². The van der Waals surface area contributed by atoms with E-state index in [1.807, 2.05) is 30.5 Å². The Kier molecular flexibility index (Phi) is 3.66. The normalized spacial score (nSPS) is 12.7. The molecule has 0 atom stereocenters. The van der Waals surface area contributed by atoms with E-state index in [1.54, 1.807) is 20.0 Å². The highest BCUT2D eigenvalue weighted by atomic mass is 16.1. The van der Waals surface area contributed by atoms with Gasteiger partial charge >= 0.3 is 0 Å². The second-order valence-electron chi connectivity index (χ2n) is 4.23. The number of rotatable bonds is 3. The van der Waals surface area contributed by atoms with E-state index >= 15 is 0 Å². The summed E-state index contributed by atoms with van der Waals surface area (Å²) in [4.78, 5) is 19.3. The van der Waals surface area contributed by atoms with Gasteiger partial charge in [0.15, 0.2) is 0 Å². The van der Waals surface area contributed by atoms with Crippen molar-refractivity contribution in [3.8, 4) is 0 Å². The van der Waals surface area contributed by atoms with E-state index in [-0.39, 0.29) is 0 Å². The SMILES string of the molecule is CC(=N/C(N)=C\c1cccc2cc[nH]c12)N(C)C=O. The molecule has 2 rings (SSSR count). The average Bonchev–Trinajstić information content (AvgIpc) is 2.87. The van der Waals surface area contributed by atoms with Crippen LogP contribution in [0.1, 0.15) is 12.5 Å². The molecule has 2 aromatic rings. The van der Waals surface area contributed by atoms with Gasteiger partial charge in [0.1, 0.15) is 11.7 Å². The molecule has 3 N–H and O–H groups in total. The van der Waals surface area contributed by atoms with Crippen molar-refractivity contribution in [2.24, 2.45) is 10.7 Å². The predicted molar refractivity (Wildman–Crippen MR) is 77.4 cm³/mol. The molecule has 0 unspecified atom stereocenters. The highest BCUT2D eigenvalue weighted by molar-refractivity contribution is 5.90. The first kappa shape index (κ1) is 12.9. The minimum Gasteiger partial charge on any atom is -0.384 e. The van der Waals surface area contributed by atoms with Crippen LogP contribution >= 0.6 is 0 Å².